The molecule has 1 aromatic heterocycles. The molecule has 0 fully saturated rings. The number of benzene rings is 1. The van der Waals surface area contributed by atoms with Crippen molar-refractivity contribution in [3.05, 3.63) is 49.7 Å². The van der Waals surface area contributed by atoms with Crippen LogP contribution in [0.3, 0.4) is 0 Å². The smallest absolute Gasteiger partial charge is 0.134 e. The minimum Gasteiger partial charge on any atom is -0.496 e. The Morgan fingerprint density at radius 2 is 2.06 bits per heavy atom. The SMILES string of the molecule is COc1ccsc1C(Cc1ccc(I)cc1)NN. The van der Waals surface area contributed by atoms with Crippen molar-refractivity contribution in [2.45, 2.75) is 12.5 Å². The summed E-state index contributed by atoms with van der Waals surface area (Å²) >= 11 is 3.96. The minimum absolute atomic E-state index is 0.0833. The fraction of sp³-hybridized carbons (Fsp3) is 0.231. The van der Waals surface area contributed by atoms with Crippen molar-refractivity contribution >= 4 is 33.9 Å². The van der Waals surface area contributed by atoms with Gasteiger partial charge < -0.3 is 4.74 Å². The lowest BCUT2D eigenvalue weighted by Crippen LogP contribution is -2.29. The molecule has 96 valence electrons. The Balaban J connectivity index is 2.17. The quantitative estimate of drug-likeness (QED) is 0.480. The molecule has 5 heteroatoms. The molecule has 0 spiro atoms. The van der Waals surface area contributed by atoms with E-state index in [9.17, 15) is 0 Å². The standard InChI is InChI=1S/C13H15IN2OS/c1-17-12-6-7-18-13(12)11(16-15)8-9-2-4-10(14)5-3-9/h2-7,11,16H,8,15H2,1H3. The Hall–Kier alpha value is -0.630. The molecule has 0 aliphatic rings. The van der Waals surface area contributed by atoms with E-state index in [-0.39, 0.29) is 6.04 Å². The summed E-state index contributed by atoms with van der Waals surface area (Å²) in [5.41, 5.74) is 4.13. The maximum Gasteiger partial charge on any atom is 0.134 e. The molecule has 0 aliphatic heterocycles. The Morgan fingerprint density at radius 1 is 1.33 bits per heavy atom. The van der Waals surface area contributed by atoms with Crippen molar-refractivity contribution in [2.75, 3.05) is 7.11 Å². The monoisotopic (exact) mass is 374 g/mol. The third-order valence-corrected chi connectivity index (χ3v) is 4.48. The predicted molar refractivity (Wildman–Crippen MR) is 83.8 cm³/mol. The molecule has 3 nitrogen and oxygen atoms in total. The molecule has 0 bridgehead atoms. The van der Waals surface area contributed by atoms with Crippen LogP contribution >= 0.6 is 33.9 Å². The number of hydrazine groups is 1. The lowest BCUT2D eigenvalue weighted by Gasteiger charge is -2.16. The van der Waals surface area contributed by atoms with Gasteiger partial charge in [0.15, 0.2) is 0 Å². The van der Waals surface area contributed by atoms with Crippen LogP contribution in [0.5, 0.6) is 5.75 Å². The zero-order chi connectivity index (χ0) is 13.0. The van der Waals surface area contributed by atoms with Crippen molar-refractivity contribution in [3.8, 4) is 5.75 Å². The molecule has 2 aromatic rings. The highest BCUT2D eigenvalue weighted by atomic mass is 127. The van der Waals surface area contributed by atoms with Gasteiger partial charge in [0.2, 0.25) is 0 Å². The first-order valence-electron chi connectivity index (χ1n) is 5.56. The Morgan fingerprint density at radius 3 is 2.67 bits per heavy atom. The van der Waals surface area contributed by atoms with E-state index in [1.165, 1.54) is 9.13 Å². The number of nitrogens with one attached hydrogen (secondary N) is 1. The van der Waals surface area contributed by atoms with Crippen LogP contribution in [0, 0.1) is 3.57 Å². The molecule has 0 saturated carbocycles. The van der Waals surface area contributed by atoms with Gasteiger partial charge in [0.1, 0.15) is 5.75 Å². The number of methoxy groups -OCH3 is 1. The predicted octanol–water partition coefficient (Wildman–Crippen LogP) is 3.11. The van der Waals surface area contributed by atoms with Crippen molar-refractivity contribution in [3.63, 3.8) is 0 Å². The van der Waals surface area contributed by atoms with E-state index in [4.69, 9.17) is 10.6 Å². The molecule has 1 heterocycles. The van der Waals surface area contributed by atoms with Gasteiger partial charge in [-0.3, -0.25) is 11.3 Å². The van der Waals surface area contributed by atoms with Crippen LogP contribution in [-0.2, 0) is 6.42 Å². The first-order chi connectivity index (χ1) is 8.74. The number of thiophene rings is 1. The molecular formula is C13H15IN2OS. The second kappa shape index (κ2) is 6.51. The van der Waals surface area contributed by atoms with Crippen molar-refractivity contribution in [1.82, 2.24) is 5.43 Å². The van der Waals surface area contributed by atoms with Gasteiger partial charge >= 0.3 is 0 Å². The van der Waals surface area contributed by atoms with E-state index in [0.717, 1.165) is 17.0 Å². The maximum atomic E-state index is 5.66. The maximum absolute atomic E-state index is 5.66. The van der Waals surface area contributed by atoms with Gasteiger partial charge in [-0.1, -0.05) is 12.1 Å². The van der Waals surface area contributed by atoms with Gasteiger partial charge in [-0.15, -0.1) is 11.3 Å². The third-order valence-electron chi connectivity index (χ3n) is 2.75. The lowest BCUT2D eigenvalue weighted by molar-refractivity contribution is 0.403. The number of halogens is 1. The van der Waals surface area contributed by atoms with E-state index in [2.05, 4.69) is 52.3 Å². The molecule has 0 radical (unpaired) electrons. The summed E-state index contributed by atoms with van der Waals surface area (Å²) < 4.78 is 6.58. The first kappa shape index (κ1) is 13.8. The molecule has 1 atom stereocenters. The molecule has 1 unspecified atom stereocenters. The molecule has 18 heavy (non-hydrogen) atoms. The number of ether oxygens (including phenoxy) is 1. The van der Waals surface area contributed by atoms with Gasteiger partial charge in [0.25, 0.3) is 0 Å². The van der Waals surface area contributed by atoms with Crippen LogP contribution in [0.2, 0.25) is 0 Å². The molecule has 0 saturated heterocycles. The minimum atomic E-state index is 0.0833. The van der Waals surface area contributed by atoms with E-state index >= 15 is 0 Å². The van der Waals surface area contributed by atoms with Crippen molar-refractivity contribution in [1.29, 1.82) is 0 Å². The zero-order valence-electron chi connectivity index (χ0n) is 10.0. The van der Waals surface area contributed by atoms with Gasteiger partial charge in [-0.05, 0) is 58.2 Å². The largest absolute Gasteiger partial charge is 0.496 e. The molecule has 3 N–H and O–H groups in total. The van der Waals surface area contributed by atoms with E-state index < -0.39 is 0 Å². The summed E-state index contributed by atoms with van der Waals surface area (Å²) in [5, 5.41) is 2.02. The Kier molecular flexibility index (Phi) is 4.99. The molecule has 2 rings (SSSR count). The Labute approximate surface area is 124 Å². The fourth-order valence-electron chi connectivity index (χ4n) is 1.82. The zero-order valence-corrected chi connectivity index (χ0v) is 13.0. The Bertz CT molecular complexity index is 498. The molecular weight excluding hydrogens is 359 g/mol. The average Bonchev–Trinajstić information content (AvgIpc) is 2.86. The average molecular weight is 374 g/mol. The highest BCUT2D eigenvalue weighted by Crippen LogP contribution is 2.32. The van der Waals surface area contributed by atoms with Gasteiger partial charge in [0.05, 0.1) is 18.0 Å². The van der Waals surface area contributed by atoms with Gasteiger partial charge in [-0.25, -0.2) is 0 Å². The number of nitrogens with two attached hydrogens (primary N) is 1. The van der Waals surface area contributed by atoms with Crippen LogP contribution < -0.4 is 16.0 Å². The second-order valence-corrected chi connectivity index (χ2v) is 6.10. The van der Waals surface area contributed by atoms with Crippen LogP contribution in [0.25, 0.3) is 0 Å². The van der Waals surface area contributed by atoms with E-state index in [0.29, 0.717) is 0 Å². The summed E-state index contributed by atoms with van der Waals surface area (Å²) in [4.78, 5) is 1.14. The topological polar surface area (TPSA) is 47.3 Å². The van der Waals surface area contributed by atoms with Gasteiger partial charge in [-0.2, -0.15) is 0 Å². The summed E-state index contributed by atoms with van der Waals surface area (Å²) in [6.07, 6.45) is 0.851. The normalized spacial score (nSPS) is 12.4. The summed E-state index contributed by atoms with van der Waals surface area (Å²) in [6, 6.07) is 10.5. The van der Waals surface area contributed by atoms with Crippen LogP contribution in [0.15, 0.2) is 35.7 Å². The fourth-order valence-corrected chi connectivity index (χ4v) is 3.10. The van der Waals surface area contributed by atoms with E-state index in [1.807, 2.05) is 11.4 Å². The summed E-state index contributed by atoms with van der Waals surface area (Å²) in [5.74, 6) is 6.56. The second-order valence-electron chi connectivity index (χ2n) is 3.90. The lowest BCUT2D eigenvalue weighted by atomic mass is 10.1. The van der Waals surface area contributed by atoms with Crippen LogP contribution in [0.4, 0.5) is 0 Å². The van der Waals surface area contributed by atoms with Crippen molar-refractivity contribution in [2.24, 2.45) is 5.84 Å². The molecule has 0 aliphatic carbocycles. The van der Waals surface area contributed by atoms with Crippen molar-refractivity contribution < 1.29 is 4.74 Å². The summed E-state index contributed by atoms with van der Waals surface area (Å²) in [7, 11) is 1.68. The number of hydrogen-bond acceptors (Lipinski definition) is 4. The molecule has 1 aromatic carbocycles. The van der Waals surface area contributed by atoms with E-state index in [1.54, 1.807) is 18.4 Å². The van der Waals surface area contributed by atoms with Gasteiger partial charge in [0, 0.05) is 3.57 Å². The molecule has 0 amide bonds. The first-order valence-corrected chi connectivity index (χ1v) is 7.52. The highest BCUT2D eigenvalue weighted by Gasteiger charge is 2.16. The number of hydrogen-bond donors (Lipinski definition) is 2. The third kappa shape index (κ3) is 3.23. The van der Waals surface area contributed by atoms with Crippen LogP contribution in [-0.4, -0.2) is 7.11 Å². The highest BCUT2D eigenvalue weighted by molar-refractivity contribution is 14.1. The van der Waals surface area contributed by atoms with Crippen LogP contribution in [0.1, 0.15) is 16.5 Å². The summed E-state index contributed by atoms with van der Waals surface area (Å²) in [6.45, 7) is 0. The number of rotatable bonds is 5.